The van der Waals surface area contributed by atoms with Crippen molar-refractivity contribution in [2.45, 2.75) is 52.7 Å². The predicted molar refractivity (Wildman–Crippen MR) is 146 cm³/mol. The van der Waals surface area contributed by atoms with Crippen molar-refractivity contribution in [3.05, 3.63) is 59.4 Å². The largest absolute Gasteiger partial charge is 0.355 e. The lowest BCUT2D eigenvalue weighted by molar-refractivity contribution is 0.267. The Bertz CT molecular complexity index is 1090. The van der Waals surface area contributed by atoms with Gasteiger partial charge in [0.25, 0.3) is 0 Å². The Morgan fingerprint density at radius 1 is 1.15 bits per heavy atom. The normalized spacial score (nSPS) is 16.5. The third kappa shape index (κ3) is 6.35. The van der Waals surface area contributed by atoms with Gasteiger partial charge >= 0.3 is 0 Å². The van der Waals surface area contributed by atoms with Gasteiger partial charge in [0.15, 0.2) is 11.8 Å². The van der Waals surface area contributed by atoms with Crippen LogP contribution in [0.1, 0.15) is 42.7 Å². The summed E-state index contributed by atoms with van der Waals surface area (Å²) in [6.45, 7) is 10.4. The number of halogens is 1. The molecule has 1 aliphatic rings. The van der Waals surface area contributed by atoms with Gasteiger partial charge in [-0.25, -0.2) is 9.67 Å². The van der Waals surface area contributed by atoms with Gasteiger partial charge in [0.2, 0.25) is 0 Å². The van der Waals surface area contributed by atoms with Gasteiger partial charge in [-0.2, -0.15) is 5.10 Å². The molecule has 2 N–H and O–H groups in total. The number of benzene rings is 1. The maximum Gasteiger partial charge on any atom is 0.192 e. The first-order valence-electron chi connectivity index (χ1n) is 11.8. The van der Waals surface area contributed by atoms with Gasteiger partial charge in [0, 0.05) is 25.8 Å². The number of likely N-dealkylation sites (tertiary alicyclic amines) is 1. The molecule has 1 aliphatic heterocycles. The van der Waals surface area contributed by atoms with Crippen molar-refractivity contribution < 1.29 is 0 Å². The number of rotatable bonds is 8. The van der Waals surface area contributed by atoms with E-state index in [1.165, 1.54) is 19.4 Å². The number of likely N-dealkylation sites (N-methyl/N-ethyl adjacent to an activating group) is 1. The molecular weight excluding hydrogens is 541 g/mol. The summed E-state index contributed by atoms with van der Waals surface area (Å²) in [5, 5.41) is 20.0. The molecule has 1 atom stereocenters. The summed E-state index contributed by atoms with van der Waals surface area (Å²) in [4.78, 5) is 7.46. The fourth-order valence-electron chi connectivity index (χ4n) is 4.28. The molecule has 34 heavy (non-hydrogen) atoms. The zero-order valence-corrected chi connectivity index (χ0v) is 22.9. The van der Waals surface area contributed by atoms with Crippen LogP contribution in [-0.2, 0) is 20.1 Å². The Morgan fingerprint density at radius 2 is 1.97 bits per heavy atom. The molecule has 10 heteroatoms. The van der Waals surface area contributed by atoms with Crippen molar-refractivity contribution in [3.63, 3.8) is 0 Å². The van der Waals surface area contributed by atoms with Crippen LogP contribution in [0.4, 0.5) is 0 Å². The van der Waals surface area contributed by atoms with Crippen molar-refractivity contribution in [1.29, 1.82) is 0 Å². The van der Waals surface area contributed by atoms with E-state index in [9.17, 15) is 0 Å². The minimum absolute atomic E-state index is 0. The van der Waals surface area contributed by atoms with Crippen molar-refractivity contribution in [1.82, 2.24) is 40.1 Å². The van der Waals surface area contributed by atoms with Crippen LogP contribution in [0.5, 0.6) is 0 Å². The maximum absolute atomic E-state index is 4.93. The van der Waals surface area contributed by atoms with Gasteiger partial charge < -0.3 is 15.2 Å². The Hall–Kier alpha value is -2.47. The number of aliphatic imine (C=N–C) groups is 1. The zero-order valence-electron chi connectivity index (χ0n) is 20.5. The summed E-state index contributed by atoms with van der Waals surface area (Å²) < 4.78 is 3.91. The molecule has 4 rings (SSSR count). The summed E-state index contributed by atoms with van der Waals surface area (Å²) in [6, 6.07) is 10.8. The Balaban J connectivity index is 0.00000324. The SMILES string of the molecule is CCN1CCCC1CNC(=NCc1ccccc1-n1ccc(C)n1)NCc1nnc(C)n1C.I. The van der Waals surface area contributed by atoms with Gasteiger partial charge in [-0.15, -0.1) is 34.2 Å². The molecule has 1 unspecified atom stereocenters. The van der Waals surface area contributed by atoms with Crippen molar-refractivity contribution in [2.24, 2.45) is 12.0 Å². The van der Waals surface area contributed by atoms with Crippen LogP contribution in [0, 0.1) is 13.8 Å². The van der Waals surface area contributed by atoms with Crippen LogP contribution < -0.4 is 10.6 Å². The highest BCUT2D eigenvalue weighted by molar-refractivity contribution is 14.0. The minimum Gasteiger partial charge on any atom is -0.355 e. The topological polar surface area (TPSA) is 88.2 Å². The molecule has 2 aromatic heterocycles. The van der Waals surface area contributed by atoms with Crippen molar-refractivity contribution in [2.75, 3.05) is 19.6 Å². The molecule has 9 nitrogen and oxygen atoms in total. The molecule has 1 aromatic carbocycles. The Morgan fingerprint density at radius 3 is 2.68 bits per heavy atom. The van der Waals surface area contributed by atoms with Crippen LogP contribution in [0.2, 0.25) is 0 Å². The highest BCUT2D eigenvalue weighted by Crippen LogP contribution is 2.17. The third-order valence-corrected chi connectivity index (χ3v) is 6.38. The van der Waals surface area contributed by atoms with E-state index in [2.05, 4.69) is 49.9 Å². The van der Waals surface area contributed by atoms with Crippen LogP contribution in [0.3, 0.4) is 0 Å². The molecular formula is C24H36IN9. The van der Waals surface area contributed by atoms with Crippen LogP contribution in [0.15, 0.2) is 41.5 Å². The van der Waals surface area contributed by atoms with Gasteiger partial charge in [-0.1, -0.05) is 25.1 Å². The molecule has 0 aliphatic carbocycles. The number of guanidine groups is 1. The van der Waals surface area contributed by atoms with E-state index in [1.54, 1.807) is 0 Å². The predicted octanol–water partition coefficient (Wildman–Crippen LogP) is 2.96. The average molecular weight is 578 g/mol. The van der Waals surface area contributed by atoms with Gasteiger partial charge in [-0.3, -0.25) is 4.90 Å². The Labute approximate surface area is 219 Å². The van der Waals surface area contributed by atoms with E-state index in [0.29, 0.717) is 19.1 Å². The zero-order chi connectivity index (χ0) is 23.2. The molecule has 3 heterocycles. The second-order valence-corrected chi connectivity index (χ2v) is 8.58. The molecule has 1 fully saturated rings. The van der Waals surface area contributed by atoms with Gasteiger partial charge in [0.05, 0.1) is 24.5 Å². The Kier molecular flexibility index (Phi) is 9.45. The quantitative estimate of drug-likeness (QED) is 0.243. The van der Waals surface area contributed by atoms with Gasteiger partial charge in [0.1, 0.15) is 5.82 Å². The summed E-state index contributed by atoms with van der Waals surface area (Å²) in [6.07, 6.45) is 4.47. The number of aryl methyl sites for hydroxylation is 2. The summed E-state index contributed by atoms with van der Waals surface area (Å²) in [7, 11) is 1.98. The first-order valence-corrected chi connectivity index (χ1v) is 11.8. The first-order chi connectivity index (χ1) is 16.0. The summed E-state index contributed by atoms with van der Waals surface area (Å²) >= 11 is 0. The second-order valence-electron chi connectivity index (χ2n) is 8.58. The fraction of sp³-hybridized carbons (Fsp3) is 0.500. The molecule has 3 aromatic rings. The average Bonchev–Trinajstić information content (AvgIpc) is 3.55. The van der Waals surface area contributed by atoms with Crippen molar-refractivity contribution >= 4 is 29.9 Å². The number of para-hydroxylation sites is 1. The molecule has 0 saturated carbocycles. The summed E-state index contributed by atoms with van der Waals surface area (Å²) in [5.41, 5.74) is 3.16. The third-order valence-electron chi connectivity index (χ3n) is 6.38. The second kappa shape index (κ2) is 12.3. The number of nitrogens with zero attached hydrogens (tertiary/aromatic N) is 7. The first kappa shape index (κ1) is 26.1. The van der Waals surface area contributed by atoms with E-state index in [0.717, 1.165) is 47.6 Å². The molecule has 0 radical (unpaired) electrons. The van der Waals surface area contributed by atoms with Gasteiger partial charge in [-0.05, 0) is 57.5 Å². The van der Waals surface area contributed by atoms with E-state index < -0.39 is 0 Å². The fourth-order valence-corrected chi connectivity index (χ4v) is 4.28. The molecule has 0 spiro atoms. The van der Waals surface area contributed by atoms with Crippen LogP contribution in [-0.4, -0.2) is 61.1 Å². The van der Waals surface area contributed by atoms with Crippen LogP contribution in [0.25, 0.3) is 5.69 Å². The lowest BCUT2D eigenvalue weighted by atomic mass is 10.2. The highest BCUT2D eigenvalue weighted by atomic mass is 127. The maximum atomic E-state index is 4.93. The monoisotopic (exact) mass is 577 g/mol. The lowest BCUT2D eigenvalue weighted by Gasteiger charge is -2.24. The standard InChI is InChI=1S/C24H35N9.HI/c1-5-32-13-8-10-21(32)16-26-24(27-17-23-29-28-19(3)31(23)4)25-15-20-9-6-7-11-22(20)33-14-12-18(2)30-33;/h6-7,9,11-12,14,21H,5,8,10,13,15-17H2,1-4H3,(H2,25,26,27);1H. The molecule has 0 amide bonds. The number of nitrogens with one attached hydrogen (secondary N) is 2. The highest BCUT2D eigenvalue weighted by Gasteiger charge is 2.23. The lowest BCUT2D eigenvalue weighted by Crippen LogP contribution is -2.44. The summed E-state index contributed by atoms with van der Waals surface area (Å²) in [5.74, 6) is 2.56. The van der Waals surface area contributed by atoms with Crippen LogP contribution >= 0.6 is 24.0 Å². The molecule has 1 saturated heterocycles. The number of aromatic nitrogens is 5. The molecule has 0 bridgehead atoms. The van der Waals surface area contributed by atoms with E-state index in [4.69, 9.17) is 4.99 Å². The van der Waals surface area contributed by atoms with E-state index >= 15 is 0 Å². The van der Waals surface area contributed by atoms with E-state index in [-0.39, 0.29) is 24.0 Å². The number of hydrogen-bond donors (Lipinski definition) is 2. The van der Waals surface area contributed by atoms with Crippen molar-refractivity contribution in [3.8, 4) is 5.69 Å². The minimum atomic E-state index is 0. The smallest absolute Gasteiger partial charge is 0.192 e. The van der Waals surface area contributed by atoms with E-state index in [1.807, 2.05) is 54.5 Å². The number of hydrogen-bond acceptors (Lipinski definition) is 5. The molecule has 184 valence electrons.